The highest BCUT2D eigenvalue weighted by atomic mass is 16.5. The number of benzene rings is 1. The molecule has 1 aromatic carbocycles. The van der Waals surface area contributed by atoms with Crippen molar-refractivity contribution in [1.29, 1.82) is 0 Å². The number of para-hydroxylation sites is 1. The fourth-order valence-electron chi connectivity index (χ4n) is 1.87. The number of carbonyl (C=O) groups excluding carboxylic acids is 1. The van der Waals surface area contributed by atoms with Gasteiger partial charge in [0.1, 0.15) is 11.8 Å². The lowest BCUT2D eigenvalue weighted by Gasteiger charge is -2.27. The van der Waals surface area contributed by atoms with Crippen molar-refractivity contribution in [3.05, 3.63) is 29.8 Å². The van der Waals surface area contributed by atoms with Gasteiger partial charge in [0.15, 0.2) is 6.23 Å². The number of nitrogens with zero attached hydrogens (tertiary/aromatic N) is 1. The SMILES string of the molecule is CC(C(=O)O)N(C=O)C1Cc2ccccc2O1. The van der Waals surface area contributed by atoms with Gasteiger partial charge in [0.25, 0.3) is 0 Å². The molecule has 2 rings (SSSR count). The first-order valence-electron chi connectivity index (χ1n) is 5.33. The van der Waals surface area contributed by atoms with E-state index < -0.39 is 18.2 Å². The molecule has 1 amide bonds. The largest absolute Gasteiger partial charge is 0.480 e. The first-order chi connectivity index (χ1) is 8.13. The van der Waals surface area contributed by atoms with Gasteiger partial charge >= 0.3 is 5.97 Å². The zero-order valence-corrected chi connectivity index (χ0v) is 9.37. The minimum Gasteiger partial charge on any atom is -0.480 e. The number of hydrogen-bond acceptors (Lipinski definition) is 3. The second-order valence-corrected chi connectivity index (χ2v) is 3.95. The summed E-state index contributed by atoms with van der Waals surface area (Å²) in [5.41, 5.74) is 0.988. The van der Waals surface area contributed by atoms with Crippen LogP contribution in [0.5, 0.6) is 5.75 Å². The van der Waals surface area contributed by atoms with Crippen molar-refractivity contribution in [3.63, 3.8) is 0 Å². The summed E-state index contributed by atoms with van der Waals surface area (Å²) in [6, 6.07) is 6.55. The summed E-state index contributed by atoms with van der Waals surface area (Å²) in [5.74, 6) is -0.335. The Bertz CT molecular complexity index is 421. The van der Waals surface area contributed by atoms with Gasteiger partial charge in [-0.3, -0.25) is 9.69 Å². The molecule has 90 valence electrons. The number of fused-ring (bicyclic) bond motifs is 1. The third kappa shape index (κ3) is 2.08. The molecule has 1 aliphatic heterocycles. The van der Waals surface area contributed by atoms with Crippen LogP contribution in [0.3, 0.4) is 0 Å². The highest BCUT2D eigenvalue weighted by molar-refractivity contribution is 5.75. The van der Waals surface area contributed by atoms with Crippen LogP contribution >= 0.6 is 0 Å². The summed E-state index contributed by atoms with van der Waals surface area (Å²) >= 11 is 0. The number of carboxylic acid groups (broad SMARTS) is 1. The molecule has 5 heteroatoms. The van der Waals surface area contributed by atoms with Crippen LogP contribution in [0, 0.1) is 0 Å². The first-order valence-corrected chi connectivity index (χ1v) is 5.33. The van der Waals surface area contributed by atoms with Gasteiger partial charge < -0.3 is 9.84 Å². The fourth-order valence-corrected chi connectivity index (χ4v) is 1.87. The van der Waals surface area contributed by atoms with Crippen LogP contribution < -0.4 is 4.74 Å². The maximum Gasteiger partial charge on any atom is 0.326 e. The van der Waals surface area contributed by atoms with Crippen molar-refractivity contribution in [3.8, 4) is 5.75 Å². The molecule has 1 heterocycles. The lowest BCUT2D eigenvalue weighted by molar-refractivity contribution is -0.150. The molecule has 0 spiro atoms. The highest BCUT2D eigenvalue weighted by Gasteiger charge is 2.32. The highest BCUT2D eigenvalue weighted by Crippen LogP contribution is 2.29. The van der Waals surface area contributed by atoms with E-state index in [1.165, 1.54) is 11.8 Å². The third-order valence-corrected chi connectivity index (χ3v) is 2.89. The molecule has 5 nitrogen and oxygen atoms in total. The van der Waals surface area contributed by atoms with Crippen LogP contribution in [0.2, 0.25) is 0 Å². The monoisotopic (exact) mass is 235 g/mol. The van der Waals surface area contributed by atoms with Crippen LogP contribution in [0.1, 0.15) is 12.5 Å². The lowest BCUT2D eigenvalue weighted by atomic mass is 10.1. The van der Waals surface area contributed by atoms with E-state index in [1.54, 1.807) is 0 Å². The van der Waals surface area contributed by atoms with E-state index in [0.29, 0.717) is 18.6 Å². The molecule has 1 aromatic rings. The van der Waals surface area contributed by atoms with Gasteiger partial charge in [-0.2, -0.15) is 0 Å². The van der Waals surface area contributed by atoms with Gasteiger partial charge in [0.2, 0.25) is 6.41 Å². The number of rotatable bonds is 4. The van der Waals surface area contributed by atoms with Gasteiger partial charge in [-0.05, 0) is 18.6 Å². The van der Waals surface area contributed by atoms with E-state index in [-0.39, 0.29) is 0 Å². The van der Waals surface area contributed by atoms with Crippen LogP contribution in [-0.4, -0.2) is 34.7 Å². The number of aliphatic carboxylic acids is 1. The molecule has 0 bridgehead atoms. The summed E-state index contributed by atoms with van der Waals surface area (Å²) in [4.78, 5) is 23.0. The molecular weight excluding hydrogens is 222 g/mol. The Morgan fingerprint density at radius 1 is 1.59 bits per heavy atom. The fraction of sp³-hybridized carbons (Fsp3) is 0.333. The standard InChI is InChI=1S/C12H13NO4/c1-8(12(15)16)13(7-14)11-6-9-4-2-3-5-10(9)17-11/h2-5,7-8,11H,6H2,1H3,(H,15,16). The molecule has 2 atom stereocenters. The van der Waals surface area contributed by atoms with E-state index in [0.717, 1.165) is 5.56 Å². The number of hydrogen-bond donors (Lipinski definition) is 1. The predicted octanol–water partition coefficient (Wildman–Crippen LogP) is 0.879. The molecule has 0 saturated heterocycles. The quantitative estimate of drug-likeness (QED) is 0.787. The summed E-state index contributed by atoms with van der Waals surface area (Å²) in [6.07, 6.45) is 0.512. The van der Waals surface area contributed by atoms with E-state index in [2.05, 4.69) is 0 Å². The van der Waals surface area contributed by atoms with Crippen LogP contribution in [0.25, 0.3) is 0 Å². The van der Waals surface area contributed by atoms with Gasteiger partial charge in [-0.15, -0.1) is 0 Å². The number of carboxylic acids is 1. The van der Waals surface area contributed by atoms with Crippen molar-refractivity contribution in [2.24, 2.45) is 0 Å². The molecule has 1 N–H and O–H groups in total. The van der Waals surface area contributed by atoms with E-state index in [1.807, 2.05) is 24.3 Å². The average Bonchev–Trinajstić information content (AvgIpc) is 2.72. The normalized spacial score (nSPS) is 19.0. The second-order valence-electron chi connectivity index (χ2n) is 3.95. The molecule has 0 aromatic heterocycles. The molecular formula is C12H13NO4. The van der Waals surface area contributed by atoms with Crippen molar-refractivity contribution < 1.29 is 19.4 Å². The third-order valence-electron chi connectivity index (χ3n) is 2.89. The number of carbonyl (C=O) groups is 2. The second kappa shape index (κ2) is 4.45. The molecule has 1 aliphatic rings. The first kappa shape index (κ1) is 11.4. The zero-order chi connectivity index (χ0) is 12.4. The molecule has 0 saturated carbocycles. The maximum absolute atomic E-state index is 11.0. The Labute approximate surface area is 98.6 Å². The lowest BCUT2D eigenvalue weighted by Crippen LogP contribution is -2.47. The van der Waals surface area contributed by atoms with Gasteiger partial charge in [-0.25, -0.2) is 4.79 Å². The minimum atomic E-state index is -1.04. The smallest absolute Gasteiger partial charge is 0.326 e. The van der Waals surface area contributed by atoms with Gasteiger partial charge in [0, 0.05) is 6.42 Å². The van der Waals surface area contributed by atoms with Gasteiger partial charge in [-0.1, -0.05) is 18.2 Å². The minimum absolute atomic E-state index is 0.520. The Kier molecular flexibility index (Phi) is 2.99. The number of ether oxygens (including phenoxy) is 1. The van der Waals surface area contributed by atoms with Crippen LogP contribution in [0.4, 0.5) is 0 Å². The average molecular weight is 235 g/mol. The van der Waals surface area contributed by atoms with Crippen LogP contribution in [-0.2, 0) is 16.0 Å². The molecule has 2 unspecified atom stereocenters. The Morgan fingerprint density at radius 2 is 2.29 bits per heavy atom. The summed E-state index contributed by atoms with van der Waals surface area (Å²) in [7, 11) is 0. The van der Waals surface area contributed by atoms with Gasteiger partial charge in [0.05, 0.1) is 0 Å². The van der Waals surface area contributed by atoms with Crippen LogP contribution in [0.15, 0.2) is 24.3 Å². The molecule has 0 fully saturated rings. The molecule has 17 heavy (non-hydrogen) atoms. The summed E-state index contributed by atoms with van der Waals surface area (Å²) in [6.45, 7) is 1.46. The van der Waals surface area contributed by atoms with Crippen molar-refractivity contribution in [2.45, 2.75) is 25.6 Å². The van der Waals surface area contributed by atoms with Crippen molar-refractivity contribution >= 4 is 12.4 Å². The number of amides is 1. The Balaban J connectivity index is 2.16. The van der Waals surface area contributed by atoms with E-state index >= 15 is 0 Å². The molecule has 0 radical (unpaired) electrons. The zero-order valence-electron chi connectivity index (χ0n) is 9.37. The maximum atomic E-state index is 11.0. The van der Waals surface area contributed by atoms with E-state index in [9.17, 15) is 9.59 Å². The van der Waals surface area contributed by atoms with Crippen molar-refractivity contribution in [1.82, 2.24) is 4.90 Å². The van der Waals surface area contributed by atoms with E-state index in [4.69, 9.17) is 9.84 Å². The summed E-state index contributed by atoms with van der Waals surface area (Å²) < 4.78 is 5.56. The topological polar surface area (TPSA) is 66.8 Å². The molecule has 0 aliphatic carbocycles. The Hall–Kier alpha value is -2.04. The van der Waals surface area contributed by atoms with Crippen molar-refractivity contribution in [2.75, 3.05) is 0 Å². The summed E-state index contributed by atoms with van der Waals surface area (Å²) in [5, 5.41) is 8.90. The Morgan fingerprint density at radius 3 is 2.88 bits per heavy atom. The predicted molar refractivity (Wildman–Crippen MR) is 59.6 cm³/mol.